The molecular formula is C13H26O3S. The van der Waals surface area contributed by atoms with Gasteiger partial charge in [-0.3, -0.25) is 0 Å². The van der Waals surface area contributed by atoms with E-state index in [9.17, 15) is 13.2 Å². The van der Waals surface area contributed by atoms with Crippen LogP contribution in [0, 0.1) is 0 Å². The SMILES string of the molecule is CCCCCCCC(CC)S(=O)(=O)C(C)C=O. The van der Waals surface area contributed by atoms with Gasteiger partial charge in [0, 0.05) is 0 Å². The van der Waals surface area contributed by atoms with Gasteiger partial charge in [-0.05, 0) is 19.8 Å². The van der Waals surface area contributed by atoms with Crippen molar-refractivity contribution >= 4 is 16.1 Å². The molecule has 0 spiro atoms. The minimum absolute atomic E-state index is 0.343. The lowest BCUT2D eigenvalue weighted by atomic mass is 10.1. The fourth-order valence-electron chi connectivity index (χ4n) is 1.96. The van der Waals surface area contributed by atoms with Crippen LogP contribution in [-0.4, -0.2) is 25.2 Å². The second-order valence-corrected chi connectivity index (χ2v) is 7.25. The molecule has 0 rings (SSSR count). The van der Waals surface area contributed by atoms with Crippen LogP contribution < -0.4 is 0 Å². The first-order valence-corrected chi connectivity index (χ1v) is 8.29. The predicted molar refractivity (Wildman–Crippen MR) is 71.9 cm³/mol. The lowest BCUT2D eigenvalue weighted by Gasteiger charge is -2.17. The number of carbonyl (C=O) groups is 1. The third-order valence-corrected chi connectivity index (χ3v) is 5.91. The Bertz CT molecular complexity index is 296. The summed E-state index contributed by atoms with van der Waals surface area (Å²) in [6.45, 7) is 5.51. The van der Waals surface area contributed by atoms with Gasteiger partial charge >= 0.3 is 0 Å². The second kappa shape index (κ2) is 8.67. The van der Waals surface area contributed by atoms with E-state index in [1.54, 1.807) is 0 Å². The van der Waals surface area contributed by atoms with E-state index in [0.717, 1.165) is 12.8 Å². The lowest BCUT2D eigenvalue weighted by Crippen LogP contribution is -2.30. The minimum atomic E-state index is -3.26. The quantitative estimate of drug-likeness (QED) is 0.449. The minimum Gasteiger partial charge on any atom is -0.302 e. The average Bonchev–Trinajstić information content (AvgIpc) is 2.32. The number of aldehydes is 1. The van der Waals surface area contributed by atoms with E-state index < -0.39 is 15.1 Å². The molecule has 0 amide bonds. The van der Waals surface area contributed by atoms with Crippen LogP contribution in [0.3, 0.4) is 0 Å². The Morgan fingerprint density at radius 1 is 1.06 bits per heavy atom. The van der Waals surface area contributed by atoms with Crippen LogP contribution in [0.5, 0.6) is 0 Å². The highest BCUT2D eigenvalue weighted by molar-refractivity contribution is 7.93. The number of carbonyl (C=O) groups excluding carboxylic acids is 1. The van der Waals surface area contributed by atoms with E-state index in [1.807, 2.05) is 6.92 Å². The van der Waals surface area contributed by atoms with Gasteiger partial charge in [0.15, 0.2) is 9.84 Å². The zero-order valence-electron chi connectivity index (χ0n) is 11.3. The molecule has 0 bridgehead atoms. The van der Waals surface area contributed by atoms with Gasteiger partial charge < -0.3 is 4.79 Å². The van der Waals surface area contributed by atoms with E-state index in [2.05, 4.69) is 6.92 Å². The molecule has 0 aliphatic heterocycles. The van der Waals surface area contributed by atoms with E-state index in [0.29, 0.717) is 19.1 Å². The number of sulfone groups is 1. The summed E-state index contributed by atoms with van der Waals surface area (Å²) in [5.41, 5.74) is 0. The Hall–Kier alpha value is -0.380. The van der Waals surface area contributed by atoms with E-state index >= 15 is 0 Å². The van der Waals surface area contributed by atoms with Crippen molar-refractivity contribution in [1.82, 2.24) is 0 Å². The molecule has 0 heterocycles. The van der Waals surface area contributed by atoms with Crippen molar-refractivity contribution in [1.29, 1.82) is 0 Å². The average molecular weight is 262 g/mol. The standard InChI is InChI=1S/C13H26O3S/c1-4-6-7-8-9-10-13(5-2)17(15,16)12(3)11-14/h11-13H,4-10H2,1-3H3. The van der Waals surface area contributed by atoms with Gasteiger partial charge in [-0.15, -0.1) is 0 Å². The monoisotopic (exact) mass is 262 g/mol. The van der Waals surface area contributed by atoms with Crippen molar-refractivity contribution in [3.8, 4) is 0 Å². The third-order valence-electron chi connectivity index (χ3n) is 3.26. The third kappa shape index (κ3) is 5.66. The molecular weight excluding hydrogens is 236 g/mol. The first kappa shape index (κ1) is 16.6. The molecule has 0 aromatic heterocycles. The van der Waals surface area contributed by atoms with Crippen LogP contribution in [0.2, 0.25) is 0 Å². The molecule has 2 atom stereocenters. The molecule has 2 unspecified atom stereocenters. The van der Waals surface area contributed by atoms with Gasteiger partial charge in [0.1, 0.15) is 11.5 Å². The summed E-state index contributed by atoms with van der Waals surface area (Å²) in [7, 11) is -3.26. The molecule has 3 nitrogen and oxygen atoms in total. The molecule has 0 aromatic rings. The van der Waals surface area contributed by atoms with Crippen LogP contribution in [-0.2, 0) is 14.6 Å². The van der Waals surface area contributed by atoms with E-state index in [1.165, 1.54) is 26.2 Å². The van der Waals surface area contributed by atoms with Gasteiger partial charge in [0.25, 0.3) is 0 Å². The summed E-state index contributed by atoms with van der Waals surface area (Å²) in [5.74, 6) is 0. The number of hydrogen-bond donors (Lipinski definition) is 0. The number of unbranched alkanes of at least 4 members (excludes halogenated alkanes) is 4. The maximum atomic E-state index is 12.0. The van der Waals surface area contributed by atoms with E-state index in [4.69, 9.17) is 0 Å². The summed E-state index contributed by atoms with van der Waals surface area (Å²) in [6.07, 6.45) is 7.46. The summed E-state index contributed by atoms with van der Waals surface area (Å²) in [6, 6.07) is 0. The van der Waals surface area contributed by atoms with Crippen molar-refractivity contribution < 1.29 is 13.2 Å². The smallest absolute Gasteiger partial charge is 0.162 e. The fraction of sp³-hybridized carbons (Fsp3) is 0.923. The largest absolute Gasteiger partial charge is 0.302 e. The van der Waals surface area contributed by atoms with Crippen LogP contribution >= 0.6 is 0 Å². The molecule has 0 saturated carbocycles. The number of hydrogen-bond acceptors (Lipinski definition) is 3. The topological polar surface area (TPSA) is 51.2 Å². The van der Waals surface area contributed by atoms with Crippen molar-refractivity contribution in [3.05, 3.63) is 0 Å². The lowest BCUT2D eigenvalue weighted by molar-refractivity contribution is -0.107. The van der Waals surface area contributed by atoms with Crippen LogP contribution in [0.15, 0.2) is 0 Å². The zero-order chi connectivity index (χ0) is 13.3. The van der Waals surface area contributed by atoms with Crippen LogP contribution in [0.4, 0.5) is 0 Å². The summed E-state index contributed by atoms with van der Waals surface area (Å²) >= 11 is 0. The predicted octanol–water partition coefficient (Wildman–Crippen LogP) is 3.13. The van der Waals surface area contributed by atoms with E-state index in [-0.39, 0.29) is 5.25 Å². The van der Waals surface area contributed by atoms with Gasteiger partial charge in [-0.1, -0.05) is 46.0 Å². The van der Waals surface area contributed by atoms with Crippen molar-refractivity contribution in [2.45, 2.75) is 76.2 Å². The molecule has 0 fully saturated rings. The Morgan fingerprint density at radius 2 is 1.65 bits per heavy atom. The highest BCUT2D eigenvalue weighted by Gasteiger charge is 2.28. The van der Waals surface area contributed by atoms with Gasteiger partial charge in [0.05, 0.1) is 5.25 Å². The van der Waals surface area contributed by atoms with Gasteiger partial charge in [-0.25, -0.2) is 8.42 Å². The molecule has 0 radical (unpaired) electrons. The molecule has 17 heavy (non-hydrogen) atoms. The first-order valence-electron chi connectivity index (χ1n) is 6.68. The fourth-order valence-corrected chi connectivity index (χ4v) is 3.68. The molecule has 0 aromatic carbocycles. The van der Waals surface area contributed by atoms with Gasteiger partial charge in [-0.2, -0.15) is 0 Å². The maximum absolute atomic E-state index is 12.0. The molecule has 0 aliphatic rings. The van der Waals surface area contributed by atoms with Crippen LogP contribution in [0.25, 0.3) is 0 Å². The molecule has 0 aliphatic carbocycles. The first-order chi connectivity index (χ1) is 8.00. The summed E-state index contributed by atoms with van der Waals surface area (Å²) < 4.78 is 24.0. The molecule has 0 N–H and O–H groups in total. The highest BCUT2D eigenvalue weighted by Crippen LogP contribution is 2.19. The summed E-state index contributed by atoms with van der Waals surface area (Å²) in [4.78, 5) is 10.6. The van der Waals surface area contributed by atoms with Crippen molar-refractivity contribution in [2.75, 3.05) is 0 Å². The zero-order valence-corrected chi connectivity index (χ0v) is 12.1. The van der Waals surface area contributed by atoms with Crippen LogP contribution in [0.1, 0.15) is 65.7 Å². The van der Waals surface area contributed by atoms with Crippen molar-refractivity contribution in [3.63, 3.8) is 0 Å². The normalized spacial score (nSPS) is 15.5. The Kier molecular flexibility index (Phi) is 8.48. The Balaban J connectivity index is 4.19. The summed E-state index contributed by atoms with van der Waals surface area (Å²) in [5, 5.41) is -1.20. The highest BCUT2D eigenvalue weighted by atomic mass is 32.2. The molecule has 0 saturated heterocycles. The van der Waals surface area contributed by atoms with Crippen molar-refractivity contribution in [2.24, 2.45) is 0 Å². The van der Waals surface area contributed by atoms with Gasteiger partial charge in [0.2, 0.25) is 0 Å². The Labute approximate surface area is 106 Å². The molecule has 4 heteroatoms. The Morgan fingerprint density at radius 3 is 2.12 bits per heavy atom. The number of rotatable bonds is 10. The molecule has 102 valence electrons. The maximum Gasteiger partial charge on any atom is 0.162 e. The second-order valence-electron chi connectivity index (χ2n) is 4.66.